The van der Waals surface area contributed by atoms with Crippen molar-refractivity contribution < 1.29 is 0 Å². The number of unbranched alkanes of at least 4 members (excludes halogenated alkanes) is 2. The fourth-order valence-electron chi connectivity index (χ4n) is 4.18. The Kier molecular flexibility index (Phi) is 7.89. The van der Waals surface area contributed by atoms with Gasteiger partial charge in [0.15, 0.2) is 0 Å². The highest BCUT2D eigenvalue weighted by Crippen LogP contribution is 2.44. The van der Waals surface area contributed by atoms with Crippen molar-refractivity contribution in [3.05, 3.63) is 24.0 Å². The van der Waals surface area contributed by atoms with Gasteiger partial charge in [-0.05, 0) is 87.9 Å². The minimum absolute atomic E-state index is 0.885. The quantitative estimate of drug-likeness (QED) is 0.440. The number of hydrogen-bond donors (Lipinski definition) is 0. The Labute approximate surface area is 133 Å². The van der Waals surface area contributed by atoms with Crippen LogP contribution in [0.25, 0.3) is 0 Å². The molecule has 120 valence electrons. The van der Waals surface area contributed by atoms with Crippen LogP contribution in [0.15, 0.2) is 12.2 Å². The van der Waals surface area contributed by atoms with Crippen molar-refractivity contribution >= 4 is 0 Å². The molecule has 2 rings (SSSR count). The Bertz CT molecular complexity index is 274. The predicted molar refractivity (Wildman–Crippen MR) is 94.0 cm³/mol. The maximum absolute atomic E-state index is 2.51. The fourth-order valence-corrected chi connectivity index (χ4v) is 4.18. The molecule has 0 aliphatic heterocycles. The van der Waals surface area contributed by atoms with Crippen LogP contribution in [-0.2, 0) is 0 Å². The first kappa shape index (κ1) is 17.1. The Balaban J connectivity index is 1.64. The van der Waals surface area contributed by atoms with Crippen LogP contribution in [0.5, 0.6) is 0 Å². The van der Waals surface area contributed by atoms with Gasteiger partial charge in [0.2, 0.25) is 0 Å². The van der Waals surface area contributed by atoms with Crippen LogP contribution in [0.1, 0.15) is 97.3 Å². The second-order valence-electron chi connectivity index (χ2n) is 7.34. The second kappa shape index (κ2) is 9.70. The lowest BCUT2D eigenvalue weighted by molar-refractivity contribution is 0.309. The SMILES string of the molecule is CCC/C=C/C1CC[C](C2CC[C](CCCC)CC2)CC1. The average Bonchev–Trinajstić information content (AvgIpc) is 2.54. The molecule has 0 aromatic rings. The summed E-state index contributed by atoms with van der Waals surface area (Å²) >= 11 is 0. The van der Waals surface area contributed by atoms with Gasteiger partial charge < -0.3 is 0 Å². The van der Waals surface area contributed by atoms with Gasteiger partial charge in [0.25, 0.3) is 0 Å². The van der Waals surface area contributed by atoms with Crippen molar-refractivity contribution in [1.29, 1.82) is 0 Å². The highest BCUT2D eigenvalue weighted by Gasteiger charge is 2.30. The lowest BCUT2D eigenvalue weighted by Gasteiger charge is -2.37. The molecule has 0 N–H and O–H groups in total. The van der Waals surface area contributed by atoms with Crippen LogP contribution in [0, 0.1) is 23.7 Å². The maximum atomic E-state index is 2.51. The topological polar surface area (TPSA) is 0 Å². The molecular formula is C21H36. The van der Waals surface area contributed by atoms with Crippen LogP contribution in [-0.4, -0.2) is 0 Å². The Morgan fingerprint density at radius 1 is 0.905 bits per heavy atom. The third-order valence-corrected chi connectivity index (χ3v) is 5.69. The van der Waals surface area contributed by atoms with Crippen LogP contribution < -0.4 is 0 Å². The summed E-state index contributed by atoms with van der Waals surface area (Å²) in [5.74, 6) is 5.68. The van der Waals surface area contributed by atoms with E-state index in [4.69, 9.17) is 0 Å². The number of rotatable bonds is 7. The van der Waals surface area contributed by atoms with E-state index >= 15 is 0 Å². The van der Waals surface area contributed by atoms with E-state index in [1.807, 2.05) is 11.8 Å². The first-order chi connectivity index (χ1) is 10.3. The summed E-state index contributed by atoms with van der Waals surface area (Å²) in [6.45, 7) is 4.58. The highest BCUT2D eigenvalue weighted by atomic mass is 14.4. The zero-order valence-corrected chi connectivity index (χ0v) is 14.5. The minimum Gasteiger partial charge on any atom is -0.0883 e. The summed E-state index contributed by atoms with van der Waals surface area (Å²) in [6.07, 6.45) is 23.2. The lowest BCUT2D eigenvalue weighted by Crippen LogP contribution is -2.23. The summed E-state index contributed by atoms with van der Waals surface area (Å²) in [5.41, 5.74) is 0. The summed E-state index contributed by atoms with van der Waals surface area (Å²) in [7, 11) is 0. The van der Waals surface area contributed by atoms with Crippen LogP contribution >= 0.6 is 0 Å². The van der Waals surface area contributed by atoms with Crippen molar-refractivity contribution in [2.24, 2.45) is 11.8 Å². The summed E-state index contributed by atoms with van der Waals surface area (Å²) in [4.78, 5) is 0. The van der Waals surface area contributed by atoms with E-state index in [9.17, 15) is 0 Å². The largest absolute Gasteiger partial charge is 0.0883 e. The van der Waals surface area contributed by atoms with Crippen molar-refractivity contribution in [1.82, 2.24) is 0 Å². The minimum atomic E-state index is 0.885. The fraction of sp³-hybridized carbons (Fsp3) is 0.810. The van der Waals surface area contributed by atoms with Gasteiger partial charge in [0, 0.05) is 0 Å². The number of allylic oxidation sites excluding steroid dienone is 2. The average molecular weight is 289 g/mol. The molecule has 0 heteroatoms. The third-order valence-electron chi connectivity index (χ3n) is 5.69. The van der Waals surface area contributed by atoms with Crippen LogP contribution in [0.3, 0.4) is 0 Å². The molecule has 21 heavy (non-hydrogen) atoms. The van der Waals surface area contributed by atoms with E-state index in [0.29, 0.717) is 0 Å². The molecule has 2 fully saturated rings. The summed E-state index contributed by atoms with van der Waals surface area (Å²) in [5, 5.41) is 0. The summed E-state index contributed by atoms with van der Waals surface area (Å²) in [6, 6.07) is 0. The predicted octanol–water partition coefficient (Wildman–Crippen LogP) is 7.06. The third kappa shape index (κ3) is 5.80. The molecule has 0 saturated heterocycles. The van der Waals surface area contributed by atoms with E-state index in [1.54, 1.807) is 0 Å². The molecule has 2 aliphatic rings. The molecular weight excluding hydrogens is 252 g/mol. The molecule has 0 aromatic carbocycles. The monoisotopic (exact) mass is 288 g/mol. The van der Waals surface area contributed by atoms with E-state index < -0.39 is 0 Å². The van der Waals surface area contributed by atoms with Crippen molar-refractivity contribution in [3.8, 4) is 0 Å². The zero-order valence-electron chi connectivity index (χ0n) is 14.5. The highest BCUT2D eigenvalue weighted by molar-refractivity contribution is 5.07. The van der Waals surface area contributed by atoms with Gasteiger partial charge in [-0.1, -0.05) is 45.3 Å². The molecule has 0 aromatic heterocycles. The summed E-state index contributed by atoms with van der Waals surface area (Å²) < 4.78 is 0. The number of hydrogen-bond acceptors (Lipinski definition) is 0. The normalized spacial score (nSPS) is 24.1. The molecule has 0 heterocycles. The molecule has 2 radical (unpaired) electrons. The van der Waals surface area contributed by atoms with E-state index in [0.717, 1.165) is 11.8 Å². The van der Waals surface area contributed by atoms with Gasteiger partial charge >= 0.3 is 0 Å². The molecule has 0 bridgehead atoms. The van der Waals surface area contributed by atoms with Crippen molar-refractivity contribution in [2.45, 2.75) is 97.3 Å². The van der Waals surface area contributed by atoms with E-state index in [1.165, 1.54) is 83.5 Å². The molecule has 0 atom stereocenters. The van der Waals surface area contributed by atoms with Gasteiger partial charge in [-0.15, -0.1) is 0 Å². The van der Waals surface area contributed by atoms with Gasteiger partial charge in [-0.3, -0.25) is 0 Å². The van der Waals surface area contributed by atoms with Crippen molar-refractivity contribution in [2.75, 3.05) is 0 Å². The second-order valence-corrected chi connectivity index (χ2v) is 7.34. The standard InChI is InChI=1S/C21H36/c1-3-5-7-9-19-12-16-21(17-13-19)20-14-10-18(11-15-20)8-6-4-2/h7,9,19-20H,3-6,8,10-17H2,1-2H3/b9-7+. The van der Waals surface area contributed by atoms with E-state index in [-0.39, 0.29) is 0 Å². The molecule has 2 saturated carbocycles. The molecule has 0 unspecified atom stereocenters. The Morgan fingerprint density at radius 2 is 1.62 bits per heavy atom. The lowest BCUT2D eigenvalue weighted by atomic mass is 9.68. The van der Waals surface area contributed by atoms with Gasteiger partial charge in [-0.2, -0.15) is 0 Å². The first-order valence-corrected chi connectivity index (χ1v) is 9.68. The van der Waals surface area contributed by atoms with Crippen LogP contribution in [0.2, 0.25) is 0 Å². The Morgan fingerprint density at radius 3 is 2.24 bits per heavy atom. The van der Waals surface area contributed by atoms with E-state index in [2.05, 4.69) is 26.0 Å². The first-order valence-electron chi connectivity index (χ1n) is 9.68. The Hall–Kier alpha value is -0.260. The van der Waals surface area contributed by atoms with Gasteiger partial charge in [0.1, 0.15) is 0 Å². The maximum Gasteiger partial charge on any atom is -0.0210 e. The molecule has 0 spiro atoms. The zero-order chi connectivity index (χ0) is 14.9. The van der Waals surface area contributed by atoms with Gasteiger partial charge in [0.05, 0.1) is 0 Å². The molecule has 0 amide bonds. The molecule has 0 nitrogen and oxygen atoms in total. The smallest absolute Gasteiger partial charge is 0.0210 e. The van der Waals surface area contributed by atoms with Gasteiger partial charge in [-0.25, -0.2) is 0 Å². The molecule has 2 aliphatic carbocycles. The van der Waals surface area contributed by atoms with Crippen LogP contribution in [0.4, 0.5) is 0 Å². The van der Waals surface area contributed by atoms with Crippen molar-refractivity contribution in [3.63, 3.8) is 0 Å².